The van der Waals surface area contributed by atoms with Gasteiger partial charge in [-0.05, 0) is 31.2 Å². The first kappa shape index (κ1) is 18.0. The van der Waals surface area contributed by atoms with Crippen LogP contribution in [0, 0.1) is 12.7 Å². The van der Waals surface area contributed by atoms with Crippen LogP contribution in [0.5, 0.6) is 5.75 Å². The molecule has 144 valence electrons. The van der Waals surface area contributed by atoms with Gasteiger partial charge in [-0.15, -0.1) is 0 Å². The number of piperazine rings is 1. The van der Waals surface area contributed by atoms with Crippen LogP contribution in [0.1, 0.15) is 16.1 Å². The van der Waals surface area contributed by atoms with E-state index in [9.17, 15) is 14.0 Å². The number of ether oxygens (including phenoxy) is 1. The molecule has 3 heterocycles. The highest BCUT2D eigenvalue weighted by atomic mass is 19.1. The molecule has 1 aliphatic rings. The van der Waals surface area contributed by atoms with Gasteiger partial charge in [0.25, 0.3) is 5.91 Å². The highest BCUT2D eigenvalue weighted by Crippen LogP contribution is 2.27. The summed E-state index contributed by atoms with van der Waals surface area (Å²) in [4.78, 5) is 32.1. The maximum absolute atomic E-state index is 13.4. The number of pyridine rings is 1. The van der Waals surface area contributed by atoms with Crippen molar-refractivity contribution in [1.82, 2.24) is 14.8 Å². The lowest BCUT2D eigenvalue weighted by Crippen LogP contribution is -2.51. The zero-order chi connectivity index (χ0) is 19.7. The number of aryl methyl sites for hydroxylation is 1. The van der Waals surface area contributed by atoms with Gasteiger partial charge in [0.2, 0.25) is 0 Å². The van der Waals surface area contributed by atoms with Crippen molar-refractivity contribution in [2.24, 2.45) is 0 Å². The van der Waals surface area contributed by atoms with Crippen LogP contribution in [0.3, 0.4) is 0 Å². The van der Waals surface area contributed by atoms with Crippen molar-refractivity contribution in [1.29, 1.82) is 0 Å². The Morgan fingerprint density at radius 1 is 1.14 bits per heavy atom. The van der Waals surface area contributed by atoms with Crippen molar-refractivity contribution < 1.29 is 23.1 Å². The van der Waals surface area contributed by atoms with Crippen molar-refractivity contribution in [3.05, 3.63) is 59.9 Å². The average Bonchev–Trinajstić information content (AvgIpc) is 3.04. The number of rotatable bonds is 2. The molecule has 3 aromatic rings. The van der Waals surface area contributed by atoms with E-state index in [-0.39, 0.29) is 11.7 Å². The maximum atomic E-state index is 13.4. The third-order valence-corrected chi connectivity index (χ3v) is 4.76. The minimum Gasteiger partial charge on any atom is -0.451 e. The lowest BCUT2D eigenvalue weighted by atomic mass is 10.1. The van der Waals surface area contributed by atoms with Gasteiger partial charge in [-0.1, -0.05) is 0 Å². The molecule has 1 saturated heterocycles. The smallest absolute Gasteiger partial charge is 0.415 e. The molecule has 0 N–H and O–H groups in total. The lowest BCUT2D eigenvalue weighted by Gasteiger charge is -2.33. The van der Waals surface area contributed by atoms with Crippen molar-refractivity contribution in [3.8, 4) is 5.75 Å². The second kappa shape index (κ2) is 7.30. The van der Waals surface area contributed by atoms with Crippen LogP contribution >= 0.6 is 0 Å². The first-order valence-corrected chi connectivity index (χ1v) is 8.87. The van der Waals surface area contributed by atoms with Crippen LogP contribution < -0.4 is 4.74 Å². The van der Waals surface area contributed by atoms with Crippen molar-refractivity contribution in [3.63, 3.8) is 0 Å². The third kappa shape index (κ3) is 3.40. The van der Waals surface area contributed by atoms with Crippen LogP contribution in [-0.4, -0.2) is 53.0 Å². The fourth-order valence-electron chi connectivity index (χ4n) is 3.21. The summed E-state index contributed by atoms with van der Waals surface area (Å²) in [6.45, 7) is 3.17. The number of furan rings is 1. The standard InChI is InChI=1S/C20H18FN3O4/c1-13-16-5-4-14(21)11-17(16)28-18(13)19(25)23-7-9-24(10-8-23)20(26)27-15-3-2-6-22-12-15/h2-6,11-12H,7-10H2,1H3. The van der Waals surface area contributed by atoms with Crippen LogP contribution in [0.4, 0.5) is 9.18 Å². The Hall–Kier alpha value is -3.42. The molecule has 1 fully saturated rings. The van der Waals surface area contributed by atoms with Gasteiger partial charge >= 0.3 is 6.09 Å². The highest BCUT2D eigenvalue weighted by molar-refractivity contribution is 5.99. The SMILES string of the molecule is Cc1c(C(=O)N2CCN(C(=O)Oc3cccnc3)CC2)oc2cc(F)ccc12. The van der Waals surface area contributed by atoms with E-state index in [1.165, 1.54) is 23.2 Å². The largest absolute Gasteiger partial charge is 0.451 e. The van der Waals surface area contributed by atoms with Gasteiger partial charge in [0.15, 0.2) is 11.5 Å². The summed E-state index contributed by atoms with van der Waals surface area (Å²) in [6.07, 6.45) is 2.58. The van der Waals surface area contributed by atoms with Gasteiger partial charge in [-0.2, -0.15) is 0 Å². The summed E-state index contributed by atoms with van der Waals surface area (Å²) in [6, 6.07) is 7.54. The Morgan fingerprint density at radius 2 is 1.89 bits per heavy atom. The first-order valence-electron chi connectivity index (χ1n) is 8.87. The topological polar surface area (TPSA) is 75.9 Å². The normalized spacial score (nSPS) is 14.4. The molecule has 2 amide bonds. The van der Waals surface area contributed by atoms with Crippen LogP contribution in [0.25, 0.3) is 11.0 Å². The van der Waals surface area contributed by atoms with E-state index in [4.69, 9.17) is 9.15 Å². The number of fused-ring (bicyclic) bond motifs is 1. The zero-order valence-corrected chi connectivity index (χ0v) is 15.2. The fraction of sp³-hybridized carbons (Fsp3) is 0.250. The summed E-state index contributed by atoms with van der Waals surface area (Å²) in [5, 5.41) is 0.712. The van der Waals surface area contributed by atoms with Gasteiger partial charge in [0.1, 0.15) is 11.4 Å². The lowest BCUT2D eigenvalue weighted by molar-refractivity contribution is 0.0605. The molecule has 0 bridgehead atoms. The number of hydrogen-bond donors (Lipinski definition) is 0. The summed E-state index contributed by atoms with van der Waals surface area (Å²) in [7, 11) is 0. The van der Waals surface area contributed by atoms with Crippen molar-refractivity contribution >= 4 is 23.0 Å². The number of carbonyl (C=O) groups excluding carboxylic acids is 2. The number of halogens is 1. The van der Waals surface area contributed by atoms with E-state index in [0.29, 0.717) is 48.5 Å². The monoisotopic (exact) mass is 383 g/mol. The molecule has 0 saturated carbocycles. The second-order valence-corrected chi connectivity index (χ2v) is 6.53. The van der Waals surface area contributed by atoms with Gasteiger partial charge in [-0.3, -0.25) is 9.78 Å². The van der Waals surface area contributed by atoms with Crippen LogP contribution in [-0.2, 0) is 0 Å². The van der Waals surface area contributed by atoms with Gasteiger partial charge < -0.3 is 19.0 Å². The van der Waals surface area contributed by atoms with Crippen LogP contribution in [0.2, 0.25) is 0 Å². The quantitative estimate of drug-likeness (QED) is 0.679. The molecular weight excluding hydrogens is 365 g/mol. The molecule has 1 aromatic carbocycles. The maximum Gasteiger partial charge on any atom is 0.415 e. The molecular formula is C20H18FN3O4. The molecule has 4 rings (SSSR count). The number of hydrogen-bond acceptors (Lipinski definition) is 5. The summed E-state index contributed by atoms with van der Waals surface area (Å²) < 4.78 is 24.3. The predicted molar refractivity (Wildman–Crippen MR) is 98.6 cm³/mol. The van der Waals surface area contributed by atoms with Crippen molar-refractivity contribution in [2.45, 2.75) is 6.92 Å². The van der Waals surface area contributed by atoms with Crippen molar-refractivity contribution in [2.75, 3.05) is 26.2 Å². The van der Waals surface area contributed by atoms with E-state index in [1.54, 1.807) is 36.2 Å². The number of aromatic nitrogens is 1. The van der Waals surface area contributed by atoms with E-state index in [1.807, 2.05) is 0 Å². The highest BCUT2D eigenvalue weighted by Gasteiger charge is 2.29. The predicted octanol–water partition coefficient (Wildman–Crippen LogP) is 3.23. The van der Waals surface area contributed by atoms with Gasteiger partial charge in [-0.25, -0.2) is 9.18 Å². The molecule has 0 spiro atoms. The average molecular weight is 383 g/mol. The van der Waals surface area contributed by atoms with E-state index >= 15 is 0 Å². The third-order valence-electron chi connectivity index (χ3n) is 4.76. The number of nitrogens with zero attached hydrogens (tertiary/aromatic N) is 3. The Labute approximate surface area is 160 Å². The Kier molecular flexibility index (Phi) is 4.68. The van der Waals surface area contributed by atoms with E-state index in [0.717, 1.165) is 0 Å². The summed E-state index contributed by atoms with van der Waals surface area (Å²) in [5.41, 5.74) is 1.03. The Balaban J connectivity index is 1.41. The Bertz CT molecular complexity index is 1030. The molecule has 0 aliphatic carbocycles. The van der Waals surface area contributed by atoms with E-state index in [2.05, 4.69) is 4.98 Å². The molecule has 0 atom stereocenters. The summed E-state index contributed by atoms with van der Waals surface area (Å²) in [5.74, 6) is -0.112. The molecule has 7 nitrogen and oxygen atoms in total. The minimum atomic E-state index is -0.476. The number of benzene rings is 1. The molecule has 0 radical (unpaired) electrons. The molecule has 28 heavy (non-hydrogen) atoms. The number of amides is 2. The summed E-state index contributed by atoms with van der Waals surface area (Å²) >= 11 is 0. The molecule has 8 heteroatoms. The number of carbonyl (C=O) groups is 2. The molecule has 2 aromatic heterocycles. The fourth-order valence-corrected chi connectivity index (χ4v) is 3.21. The first-order chi connectivity index (χ1) is 13.5. The van der Waals surface area contributed by atoms with Gasteiger partial charge in [0.05, 0.1) is 6.20 Å². The molecule has 1 aliphatic heterocycles. The Morgan fingerprint density at radius 3 is 2.61 bits per heavy atom. The van der Waals surface area contributed by atoms with Gasteiger partial charge in [0, 0.05) is 49.4 Å². The van der Waals surface area contributed by atoms with Crippen LogP contribution in [0.15, 0.2) is 47.1 Å². The van der Waals surface area contributed by atoms with E-state index < -0.39 is 11.9 Å². The zero-order valence-electron chi connectivity index (χ0n) is 15.2. The minimum absolute atomic E-state index is 0.201. The second-order valence-electron chi connectivity index (χ2n) is 6.53. The molecule has 0 unspecified atom stereocenters.